The van der Waals surface area contributed by atoms with Crippen LogP contribution in [-0.2, 0) is 0 Å². The average molecular weight is 325 g/mol. The van der Waals surface area contributed by atoms with Crippen molar-refractivity contribution in [2.75, 3.05) is 7.11 Å². The van der Waals surface area contributed by atoms with E-state index in [-0.39, 0.29) is 17.5 Å². The molecular weight excluding hydrogens is 315 g/mol. The molecule has 0 bridgehead atoms. The normalized spacial score (nSPS) is 11.0. The van der Waals surface area contributed by atoms with Gasteiger partial charge in [0.2, 0.25) is 5.88 Å². The summed E-state index contributed by atoms with van der Waals surface area (Å²) in [4.78, 5) is 8.30. The second-order valence-corrected chi connectivity index (χ2v) is 5.18. The van der Waals surface area contributed by atoms with Crippen molar-refractivity contribution < 1.29 is 8.62 Å². The Morgan fingerprint density at radius 3 is 2.86 bits per heavy atom. The van der Waals surface area contributed by atoms with Crippen LogP contribution in [-0.4, -0.2) is 26.3 Å². The zero-order chi connectivity index (χ0) is 15.0. The van der Waals surface area contributed by atoms with E-state index in [9.17, 15) is 3.89 Å². The molecule has 0 aliphatic rings. The van der Waals surface area contributed by atoms with E-state index in [0.29, 0.717) is 28.2 Å². The molecule has 0 aliphatic carbocycles. The highest BCUT2D eigenvalue weighted by Crippen LogP contribution is 2.36. The molecule has 0 aliphatic heterocycles. The van der Waals surface area contributed by atoms with Gasteiger partial charge in [-0.15, -0.1) is 3.89 Å². The minimum Gasteiger partial charge on any atom is -0.480 e. The Hall–Kier alpha value is -1.86. The second-order valence-electron chi connectivity index (χ2n) is 4.31. The zero-order valence-corrected chi connectivity index (χ0v) is 12.7. The molecule has 0 atom stereocenters. The molecular formula is C13H10ClFN4OS. The number of pyridine rings is 2. The van der Waals surface area contributed by atoms with E-state index in [1.54, 1.807) is 18.3 Å². The predicted octanol–water partition coefficient (Wildman–Crippen LogP) is 3.84. The van der Waals surface area contributed by atoms with Crippen molar-refractivity contribution in [3.63, 3.8) is 0 Å². The van der Waals surface area contributed by atoms with Gasteiger partial charge in [0, 0.05) is 11.6 Å². The fourth-order valence-corrected chi connectivity index (χ4v) is 2.62. The van der Waals surface area contributed by atoms with Gasteiger partial charge in [0.15, 0.2) is 18.0 Å². The Morgan fingerprint density at radius 2 is 2.14 bits per heavy atom. The van der Waals surface area contributed by atoms with Crippen molar-refractivity contribution >= 4 is 35.0 Å². The fraction of sp³-hybridized carbons (Fsp3) is 0.154. The van der Waals surface area contributed by atoms with E-state index < -0.39 is 0 Å². The average Bonchev–Trinajstić information content (AvgIpc) is 2.84. The smallest absolute Gasteiger partial charge is 0.223 e. The van der Waals surface area contributed by atoms with Gasteiger partial charge < -0.3 is 4.74 Å². The van der Waals surface area contributed by atoms with Crippen LogP contribution < -0.4 is 4.74 Å². The van der Waals surface area contributed by atoms with E-state index >= 15 is 0 Å². The van der Waals surface area contributed by atoms with Crippen molar-refractivity contribution in [3.05, 3.63) is 35.1 Å². The summed E-state index contributed by atoms with van der Waals surface area (Å²) in [5, 5.41) is 5.21. The highest BCUT2D eigenvalue weighted by Gasteiger charge is 2.20. The molecule has 3 aromatic rings. The molecule has 3 rings (SSSR count). The Bertz CT molecular complexity index is 823. The van der Waals surface area contributed by atoms with Gasteiger partial charge in [-0.25, -0.2) is 9.97 Å². The highest BCUT2D eigenvalue weighted by molar-refractivity contribution is 7.92. The summed E-state index contributed by atoms with van der Waals surface area (Å²) in [6.45, 7) is 1.91. The lowest BCUT2D eigenvalue weighted by Crippen LogP contribution is -1.95. The number of methoxy groups -OCH3 is 1. The van der Waals surface area contributed by atoms with E-state index in [1.165, 1.54) is 7.11 Å². The molecule has 21 heavy (non-hydrogen) atoms. The number of hydrogen-bond acceptors (Lipinski definition) is 5. The Balaban J connectivity index is 2.36. The third-order valence-electron chi connectivity index (χ3n) is 3.09. The molecule has 3 aromatic heterocycles. The van der Waals surface area contributed by atoms with Crippen LogP contribution in [0.15, 0.2) is 24.4 Å². The molecule has 0 saturated heterocycles. The van der Waals surface area contributed by atoms with Crippen LogP contribution in [0, 0.1) is 6.92 Å². The van der Waals surface area contributed by atoms with Crippen LogP contribution in [0.1, 0.15) is 5.56 Å². The number of rotatable bonds is 3. The zero-order valence-electron chi connectivity index (χ0n) is 11.2. The van der Waals surface area contributed by atoms with Gasteiger partial charge in [0.1, 0.15) is 10.8 Å². The number of aromatic nitrogens is 4. The van der Waals surface area contributed by atoms with Gasteiger partial charge in [-0.2, -0.15) is 9.19 Å². The van der Waals surface area contributed by atoms with Crippen LogP contribution in [0.4, 0.5) is 3.89 Å². The lowest BCUT2D eigenvalue weighted by molar-refractivity contribution is 0.399. The third kappa shape index (κ3) is 2.32. The summed E-state index contributed by atoms with van der Waals surface area (Å²) in [6, 6.07) is 5.24. The van der Waals surface area contributed by atoms with E-state index in [2.05, 4.69) is 15.1 Å². The first-order valence-electron chi connectivity index (χ1n) is 6.00. The quantitative estimate of drug-likeness (QED) is 0.685. The second kappa shape index (κ2) is 5.50. The molecule has 0 amide bonds. The van der Waals surface area contributed by atoms with Crippen LogP contribution in [0.5, 0.6) is 5.88 Å². The molecule has 0 aromatic carbocycles. The summed E-state index contributed by atoms with van der Waals surface area (Å²) in [7, 11) is 1.53. The summed E-state index contributed by atoms with van der Waals surface area (Å²) in [5.41, 5.74) is 2.55. The van der Waals surface area contributed by atoms with Crippen LogP contribution in [0.2, 0.25) is 5.15 Å². The van der Waals surface area contributed by atoms with Crippen molar-refractivity contribution in [2.45, 2.75) is 6.92 Å². The molecule has 0 saturated carbocycles. The van der Waals surface area contributed by atoms with Crippen LogP contribution in [0.25, 0.3) is 22.3 Å². The largest absolute Gasteiger partial charge is 0.480 e. The molecule has 0 spiro atoms. The Labute approximate surface area is 129 Å². The molecule has 8 heteroatoms. The van der Waals surface area contributed by atoms with E-state index in [4.69, 9.17) is 16.3 Å². The first-order chi connectivity index (χ1) is 10.2. The van der Waals surface area contributed by atoms with Gasteiger partial charge in [0.25, 0.3) is 0 Å². The van der Waals surface area contributed by atoms with E-state index in [0.717, 1.165) is 9.65 Å². The monoisotopic (exact) mass is 324 g/mol. The van der Waals surface area contributed by atoms with Crippen molar-refractivity contribution in [2.24, 2.45) is 0 Å². The first-order valence-corrected chi connectivity index (χ1v) is 7.05. The van der Waals surface area contributed by atoms with E-state index in [1.807, 2.05) is 13.0 Å². The number of fused-ring (bicyclic) bond motifs is 1. The Morgan fingerprint density at radius 1 is 1.33 bits per heavy atom. The van der Waals surface area contributed by atoms with Crippen molar-refractivity contribution in [1.82, 2.24) is 19.2 Å². The molecule has 3 heterocycles. The number of ether oxygens (including phenoxy) is 1. The van der Waals surface area contributed by atoms with Gasteiger partial charge in [-0.3, -0.25) is 0 Å². The number of hydrogen-bond donors (Lipinski definition) is 0. The van der Waals surface area contributed by atoms with Crippen LogP contribution in [0.3, 0.4) is 0 Å². The third-order valence-corrected chi connectivity index (χ3v) is 3.68. The first kappa shape index (κ1) is 14.1. The lowest BCUT2D eigenvalue weighted by atomic mass is 10.1. The van der Waals surface area contributed by atoms with Crippen LogP contribution >= 0.6 is 23.9 Å². The van der Waals surface area contributed by atoms with Gasteiger partial charge >= 0.3 is 0 Å². The molecule has 108 valence electrons. The Kier molecular flexibility index (Phi) is 3.69. The molecule has 0 radical (unpaired) electrons. The van der Waals surface area contributed by atoms with Gasteiger partial charge in [0.05, 0.1) is 12.7 Å². The maximum absolute atomic E-state index is 13.1. The summed E-state index contributed by atoms with van der Waals surface area (Å²) in [5.74, 6) is 0.431. The maximum atomic E-state index is 13.1. The number of aryl methyl sites for hydroxylation is 1. The summed E-state index contributed by atoms with van der Waals surface area (Å²) < 4.78 is 19.5. The minimum absolute atomic E-state index is 0.0350. The van der Waals surface area contributed by atoms with Gasteiger partial charge in [-0.05, 0) is 30.7 Å². The van der Waals surface area contributed by atoms with Gasteiger partial charge in [-0.1, -0.05) is 11.6 Å². The topological polar surface area (TPSA) is 52.8 Å². The highest BCUT2D eigenvalue weighted by atomic mass is 35.5. The summed E-state index contributed by atoms with van der Waals surface area (Å²) >= 11 is 5.84. The number of halogens is 2. The lowest BCUT2D eigenvalue weighted by Gasteiger charge is -2.08. The predicted molar refractivity (Wildman–Crippen MR) is 81.2 cm³/mol. The molecule has 0 N–H and O–H groups in total. The standard InChI is InChI=1S/C13H10ClFN4OS/c1-7-5-6-16-13(20-2)10(7)11-8-3-4-9(14)17-12(8)19(18-11)21-15/h3-6H,1-2H3. The molecule has 5 nitrogen and oxygen atoms in total. The molecule has 0 unspecified atom stereocenters. The SMILES string of the molecule is COc1nccc(C)c1-c1nn(SF)c2nc(Cl)ccc12. The molecule has 0 fully saturated rings. The van der Waals surface area contributed by atoms with Crippen molar-refractivity contribution in [1.29, 1.82) is 0 Å². The maximum Gasteiger partial charge on any atom is 0.223 e. The van der Waals surface area contributed by atoms with Crippen molar-refractivity contribution in [3.8, 4) is 17.1 Å². The fourth-order valence-electron chi connectivity index (χ4n) is 2.16. The minimum atomic E-state index is -0.0350. The summed E-state index contributed by atoms with van der Waals surface area (Å²) in [6.07, 6.45) is 1.65. The number of nitrogens with zero attached hydrogens (tertiary/aromatic N) is 4.